The predicted octanol–water partition coefficient (Wildman–Crippen LogP) is 2.31. The first kappa shape index (κ1) is 17.4. The minimum absolute atomic E-state index is 0.101. The van der Waals surface area contributed by atoms with Gasteiger partial charge in [-0.3, -0.25) is 15.5 Å². The van der Waals surface area contributed by atoms with Crippen molar-refractivity contribution in [2.75, 3.05) is 29.3 Å². The zero-order valence-corrected chi connectivity index (χ0v) is 13.2. The van der Waals surface area contributed by atoms with Crippen LogP contribution in [0.25, 0.3) is 0 Å². The topological polar surface area (TPSA) is 119 Å². The van der Waals surface area contributed by atoms with Crippen molar-refractivity contribution < 1.29 is 4.92 Å². The summed E-state index contributed by atoms with van der Waals surface area (Å²) >= 11 is 1.85. The Morgan fingerprint density at radius 2 is 2.00 bits per heavy atom. The number of anilines is 2. The minimum atomic E-state index is -0.476. The first-order valence-corrected chi connectivity index (χ1v) is 8.22. The highest BCUT2D eigenvalue weighted by Gasteiger charge is 2.21. The summed E-state index contributed by atoms with van der Waals surface area (Å²) in [5.74, 6) is 6.82. The monoisotopic (exact) mass is 314 g/mol. The Morgan fingerprint density at radius 3 is 2.62 bits per heavy atom. The molecule has 0 aromatic carbocycles. The number of unbranched alkanes of at least 4 members (excludes halogenated alkanes) is 3. The lowest BCUT2D eigenvalue weighted by atomic mass is 10.2. The number of aryl methyl sites for hydroxylation is 1. The molecular formula is C12H22N6O2S. The molecule has 1 aromatic heterocycles. The summed E-state index contributed by atoms with van der Waals surface area (Å²) in [5.41, 5.74) is 2.49. The first-order valence-electron chi connectivity index (χ1n) is 6.82. The van der Waals surface area contributed by atoms with E-state index in [1.54, 1.807) is 6.92 Å². The van der Waals surface area contributed by atoms with E-state index in [0.717, 1.165) is 12.8 Å². The van der Waals surface area contributed by atoms with Crippen LogP contribution in [-0.4, -0.2) is 33.4 Å². The molecule has 0 saturated carbocycles. The number of nitrogens with two attached hydrogens (primary N) is 1. The molecule has 21 heavy (non-hydrogen) atoms. The molecule has 0 atom stereocenters. The van der Waals surface area contributed by atoms with Gasteiger partial charge in [0.25, 0.3) is 0 Å². The average molecular weight is 314 g/mol. The average Bonchev–Trinajstić information content (AvgIpc) is 2.45. The van der Waals surface area contributed by atoms with Crippen LogP contribution < -0.4 is 16.6 Å². The summed E-state index contributed by atoms with van der Waals surface area (Å²) in [6, 6.07) is 0. The predicted molar refractivity (Wildman–Crippen MR) is 86.6 cm³/mol. The molecule has 0 amide bonds. The van der Waals surface area contributed by atoms with E-state index in [4.69, 9.17) is 5.84 Å². The highest BCUT2D eigenvalue weighted by Crippen LogP contribution is 2.26. The van der Waals surface area contributed by atoms with Gasteiger partial charge >= 0.3 is 5.69 Å². The van der Waals surface area contributed by atoms with Crippen molar-refractivity contribution in [3.8, 4) is 0 Å². The zero-order valence-electron chi connectivity index (χ0n) is 12.4. The molecule has 0 saturated heterocycles. The number of hydrazine groups is 1. The number of aromatic nitrogens is 2. The lowest BCUT2D eigenvalue weighted by Crippen LogP contribution is -2.15. The normalized spacial score (nSPS) is 10.4. The number of rotatable bonds is 10. The van der Waals surface area contributed by atoms with Crippen LogP contribution in [0.1, 0.15) is 31.4 Å². The number of nitro groups is 1. The van der Waals surface area contributed by atoms with Crippen LogP contribution in [0.5, 0.6) is 0 Å². The summed E-state index contributed by atoms with van der Waals surface area (Å²) < 4.78 is 0. The summed E-state index contributed by atoms with van der Waals surface area (Å²) in [4.78, 5) is 18.5. The van der Waals surface area contributed by atoms with Crippen LogP contribution in [0.3, 0.4) is 0 Å². The summed E-state index contributed by atoms with van der Waals surface area (Å²) in [5, 5.41) is 14.1. The summed E-state index contributed by atoms with van der Waals surface area (Å²) in [6.45, 7) is 2.20. The fourth-order valence-electron chi connectivity index (χ4n) is 1.91. The smallest absolute Gasteiger partial charge is 0.332 e. The van der Waals surface area contributed by atoms with Gasteiger partial charge < -0.3 is 5.32 Å². The second kappa shape index (κ2) is 9.35. The third-order valence-electron chi connectivity index (χ3n) is 2.94. The molecule has 0 aliphatic rings. The van der Waals surface area contributed by atoms with Gasteiger partial charge in [0.15, 0.2) is 0 Å². The fraction of sp³-hybridized carbons (Fsp3) is 0.667. The maximum Gasteiger partial charge on any atom is 0.332 e. The highest BCUT2D eigenvalue weighted by molar-refractivity contribution is 7.98. The van der Waals surface area contributed by atoms with Gasteiger partial charge in [-0.15, -0.1) is 0 Å². The number of thioether (sulfide) groups is 1. The van der Waals surface area contributed by atoms with Gasteiger partial charge in [0.2, 0.25) is 11.8 Å². The highest BCUT2D eigenvalue weighted by atomic mass is 32.2. The van der Waals surface area contributed by atoms with Crippen LogP contribution in [0.15, 0.2) is 0 Å². The van der Waals surface area contributed by atoms with E-state index in [1.165, 1.54) is 18.6 Å². The van der Waals surface area contributed by atoms with Crippen molar-refractivity contribution in [1.82, 2.24) is 9.97 Å². The standard InChI is InChI=1S/C12H22N6O2S/c1-9-10(18(19)20)11(16-12(15-9)17-13)14-7-5-3-4-6-8-21-2/h3-8,13H2,1-2H3,(H2,14,15,16,17). The molecule has 0 bridgehead atoms. The van der Waals surface area contributed by atoms with Crippen molar-refractivity contribution in [3.05, 3.63) is 15.8 Å². The van der Waals surface area contributed by atoms with E-state index in [0.29, 0.717) is 6.54 Å². The Hall–Kier alpha value is -1.61. The van der Waals surface area contributed by atoms with Gasteiger partial charge in [-0.1, -0.05) is 12.8 Å². The van der Waals surface area contributed by atoms with Crippen molar-refractivity contribution in [1.29, 1.82) is 0 Å². The third kappa shape index (κ3) is 5.72. The van der Waals surface area contributed by atoms with E-state index >= 15 is 0 Å². The molecule has 0 fully saturated rings. The lowest BCUT2D eigenvalue weighted by molar-refractivity contribution is -0.385. The van der Waals surface area contributed by atoms with Gasteiger partial charge in [-0.05, 0) is 31.8 Å². The molecule has 0 aliphatic carbocycles. The van der Waals surface area contributed by atoms with Gasteiger partial charge in [0.1, 0.15) is 5.69 Å². The molecule has 118 valence electrons. The lowest BCUT2D eigenvalue weighted by Gasteiger charge is -2.09. The molecule has 8 nitrogen and oxygen atoms in total. The molecule has 1 heterocycles. The van der Waals surface area contributed by atoms with Gasteiger partial charge in [-0.2, -0.15) is 16.7 Å². The van der Waals surface area contributed by atoms with Gasteiger partial charge in [0.05, 0.1) is 4.92 Å². The molecule has 9 heteroatoms. The van der Waals surface area contributed by atoms with Gasteiger partial charge in [-0.25, -0.2) is 10.8 Å². The van der Waals surface area contributed by atoms with Crippen molar-refractivity contribution in [2.24, 2.45) is 5.84 Å². The van der Waals surface area contributed by atoms with E-state index in [1.807, 2.05) is 11.8 Å². The number of nitrogens with one attached hydrogen (secondary N) is 2. The molecule has 0 unspecified atom stereocenters. The van der Waals surface area contributed by atoms with Crippen molar-refractivity contribution in [2.45, 2.75) is 32.6 Å². The molecule has 1 rings (SSSR count). The second-order valence-electron chi connectivity index (χ2n) is 4.57. The fourth-order valence-corrected chi connectivity index (χ4v) is 2.40. The second-order valence-corrected chi connectivity index (χ2v) is 5.55. The number of hydrogen-bond donors (Lipinski definition) is 3. The third-order valence-corrected chi connectivity index (χ3v) is 3.63. The molecule has 0 radical (unpaired) electrons. The summed E-state index contributed by atoms with van der Waals surface area (Å²) in [7, 11) is 0. The maximum atomic E-state index is 11.1. The Kier molecular flexibility index (Phi) is 7.76. The molecule has 4 N–H and O–H groups in total. The van der Waals surface area contributed by atoms with E-state index in [2.05, 4.69) is 27.0 Å². The number of nitrogens with zero attached hydrogens (tertiary/aromatic N) is 3. The van der Waals surface area contributed by atoms with Crippen molar-refractivity contribution in [3.63, 3.8) is 0 Å². The van der Waals surface area contributed by atoms with Crippen LogP contribution in [0, 0.1) is 17.0 Å². The SMILES string of the molecule is CSCCCCCCNc1nc(NN)nc(C)c1[N+](=O)[O-]. The number of nitrogen functional groups attached to an aromatic ring is 1. The van der Waals surface area contributed by atoms with Crippen LogP contribution in [-0.2, 0) is 0 Å². The van der Waals surface area contributed by atoms with Gasteiger partial charge in [0, 0.05) is 6.54 Å². The maximum absolute atomic E-state index is 11.1. The molecular weight excluding hydrogens is 292 g/mol. The van der Waals surface area contributed by atoms with E-state index in [-0.39, 0.29) is 23.1 Å². The number of hydrogen-bond acceptors (Lipinski definition) is 8. The molecule has 1 aromatic rings. The largest absolute Gasteiger partial charge is 0.364 e. The minimum Gasteiger partial charge on any atom is -0.364 e. The Balaban J connectivity index is 2.56. The molecule has 0 aliphatic heterocycles. The summed E-state index contributed by atoms with van der Waals surface area (Å²) in [6.07, 6.45) is 6.51. The first-order chi connectivity index (χ1) is 10.1. The van der Waals surface area contributed by atoms with Crippen LogP contribution in [0.4, 0.5) is 17.5 Å². The molecule has 0 spiro atoms. The Labute approximate surface area is 128 Å². The Bertz CT molecular complexity index is 471. The zero-order chi connectivity index (χ0) is 15.7. The van der Waals surface area contributed by atoms with Crippen molar-refractivity contribution >= 4 is 29.2 Å². The van der Waals surface area contributed by atoms with Crippen LogP contribution in [0.2, 0.25) is 0 Å². The van der Waals surface area contributed by atoms with E-state index in [9.17, 15) is 10.1 Å². The van der Waals surface area contributed by atoms with E-state index < -0.39 is 4.92 Å². The quantitative estimate of drug-likeness (QED) is 0.260. The van der Waals surface area contributed by atoms with Crippen LogP contribution >= 0.6 is 11.8 Å². The Morgan fingerprint density at radius 1 is 1.29 bits per heavy atom.